The monoisotopic (exact) mass is 408 g/mol. The van der Waals surface area contributed by atoms with Crippen molar-refractivity contribution in [3.63, 3.8) is 0 Å². The molecule has 30 heavy (non-hydrogen) atoms. The number of halogens is 1. The zero-order valence-electron chi connectivity index (χ0n) is 16.7. The van der Waals surface area contributed by atoms with Gasteiger partial charge in [-0.25, -0.2) is 4.39 Å². The molecule has 2 aliphatic rings. The number of rotatable bonds is 3. The van der Waals surface area contributed by atoms with Crippen molar-refractivity contribution in [3.05, 3.63) is 81.3 Å². The van der Waals surface area contributed by atoms with Crippen LogP contribution in [0.3, 0.4) is 0 Å². The molecule has 1 unspecified atom stereocenters. The first-order chi connectivity index (χ1) is 14.2. The van der Waals surface area contributed by atoms with Crippen LogP contribution in [0.5, 0.6) is 0 Å². The highest BCUT2D eigenvalue weighted by Crippen LogP contribution is 2.48. The third-order valence-electron chi connectivity index (χ3n) is 5.74. The minimum Gasteiger partial charge on any atom is -0.294 e. The van der Waals surface area contributed by atoms with E-state index in [0.29, 0.717) is 29.7 Å². The SMILES string of the molecule is CC1(C)CC(=O)C2=C(C1)N(c1ccccc1F)C(=O)CC2c1ccc([N+](=O)[O-])cc1. The zero-order chi connectivity index (χ0) is 21.6. The Labute approximate surface area is 173 Å². The van der Waals surface area contributed by atoms with E-state index in [1.165, 1.54) is 29.2 Å². The first kappa shape index (κ1) is 19.9. The number of Topliss-reactive ketones (excluding diaryl/α,β-unsaturated/α-hetero) is 1. The van der Waals surface area contributed by atoms with E-state index in [-0.39, 0.29) is 34.9 Å². The number of allylic oxidation sites excluding steroid dienone is 2. The normalized spacial score (nSPS) is 20.9. The largest absolute Gasteiger partial charge is 0.294 e. The average Bonchev–Trinajstić information content (AvgIpc) is 2.67. The molecule has 1 heterocycles. The lowest BCUT2D eigenvalue weighted by molar-refractivity contribution is -0.384. The van der Waals surface area contributed by atoms with E-state index in [1.807, 2.05) is 13.8 Å². The number of amides is 1. The molecule has 1 aliphatic carbocycles. The first-order valence-electron chi connectivity index (χ1n) is 9.76. The van der Waals surface area contributed by atoms with E-state index in [2.05, 4.69) is 0 Å². The van der Waals surface area contributed by atoms with Gasteiger partial charge in [-0.3, -0.25) is 24.6 Å². The van der Waals surface area contributed by atoms with Gasteiger partial charge in [-0.05, 0) is 29.5 Å². The van der Waals surface area contributed by atoms with Crippen LogP contribution in [0.4, 0.5) is 15.8 Å². The fourth-order valence-electron chi connectivity index (χ4n) is 4.44. The van der Waals surface area contributed by atoms with Crippen molar-refractivity contribution in [2.45, 2.75) is 39.0 Å². The maximum absolute atomic E-state index is 14.6. The summed E-state index contributed by atoms with van der Waals surface area (Å²) in [6.07, 6.45) is 0.781. The van der Waals surface area contributed by atoms with Crippen molar-refractivity contribution in [1.82, 2.24) is 0 Å². The van der Waals surface area contributed by atoms with Crippen molar-refractivity contribution in [2.75, 3.05) is 4.90 Å². The second kappa shape index (κ2) is 7.16. The average molecular weight is 408 g/mol. The highest BCUT2D eigenvalue weighted by Gasteiger charge is 2.44. The van der Waals surface area contributed by atoms with Gasteiger partial charge in [-0.1, -0.05) is 38.1 Å². The fourth-order valence-corrected chi connectivity index (χ4v) is 4.44. The number of non-ortho nitro benzene ring substituents is 1. The number of nitrogens with zero attached hydrogens (tertiary/aromatic N) is 2. The van der Waals surface area contributed by atoms with Crippen LogP contribution in [0.15, 0.2) is 59.8 Å². The number of carbonyl (C=O) groups excluding carboxylic acids is 2. The summed E-state index contributed by atoms with van der Waals surface area (Å²) >= 11 is 0. The van der Waals surface area contributed by atoms with Gasteiger partial charge in [0.15, 0.2) is 5.78 Å². The topological polar surface area (TPSA) is 80.5 Å². The van der Waals surface area contributed by atoms with Gasteiger partial charge < -0.3 is 0 Å². The summed E-state index contributed by atoms with van der Waals surface area (Å²) in [4.78, 5) is 38.2. The molecule has 0 aromatic heterocycles. The smallest absolute Gasteiger partial charge is 0.269 e. The van der Waals surface area contributed by atoms with Gasteiger partial charge in [0.2, 0.25) is 5.91 Å². The molecule has 0 radical (unpaired) electrons. The van der Waals surface area contributed by atoms with E-state index in [4.69, 9.17) is 0 Å². The predicted molar refractivity (Wildman–Crippen MR) is 109 cm³/mol. The van der Waals surface area contributed by atoms with Crippen LogP contribution in [0.25, 0.3) is 0 Å². The first-order valence-corrected chi connectivity index (χ1v) is 9.76. The second-order valence-electron chi connectivity index (χ2n) is 8.59. The number of anilines is 1. The Kier molecular flexibility index (Phi) is 4.76. The van der Waals surface area contributed by atoms with Crippen LogP contribution < -0.4 is 4.90 Å². The number of carbonyl (C=O) groups is 2. The molecule has 1 amide bonds. The lowest BCUT2D eigenvalue weighted by Crippen LogP contribution is -2.44. The van der Waals surface area contributed by atoms with Gasteiger partial charge in [-0.15, -0.1) is 0 Å². The number of nitro groups is 1. The summed E-state index contributed by atoms with van der Waals surface area (Å²) in [6, 6.07) is 12.0. The fraction of sp³-hybridized carbons (Fsp3) is 0.304. The number of ketones is 1. The third-order valence-corrected chi connectivity index (χ3v) is 5.74. The van der Waals surface area contributed by atoms with E-state index >= 15 is 0 Å². The van der Waals surface area contributed by atoms with Gasteiger partial charge in [-0.2, -0.15) is 0 Å². The molecule has 2 aromatic rings. The maximum atomic E-state index is 14.6. The number of hydrogen-bond acceptors (Lipinski definition) is 4. The van der Waals surface area contributed by atoms with Crippen LogP contribution in [0, 0.1) is 21.3 Å². The summed E-state index contributed by atoms with van der Waals surface area (Å²) < 4.78 is 14.6. The second-order valence-corrected chi connectivity index (χ2v) is 8.59. The Morgan fingerprint density at radius 1 is 1.07 bits per heavy atom. The van der Waals surface area contributed by atoms with Crippen LogP contribution in [0.2, 0.25) is 0 Å². The van der Waals surface area contributed by atoms with Gasteiger partial charge in [0, 0.05) is 42.2 Å². The molecule has 4 rings (SSSR count). The summed E-state index contributed by atoms with van der Waals surface area (Å²) in [5.41, 5.74) is 1.42. The quantitative estimate of drug-likeness (QED) is 0.535. The summed E-state index contributed by atoms with van der Waals surface area (Å²) in [5.74, 6) is -1.40. The molecule has 0 bridgehead atoms. The molecule has 0 spiro atoms. The van der Waals surface area contributed by atoms with Crippen LogP contribution >= 0.6 is 0 Å². The van der Waals surface area contributed by atoms with Crippen molar-refractivity contribution in [3.8, 4) is 0 Å². The van der Waals surface area contributed by atoms with E-state index in [9.17, 15) is 24.1 Å². The lowest BCUT2D eigenvalue weighted by atomic mass is 9.69. The molecule has 0 saturated carbocycles. The molecular weight excluding hydrogens is 387 g/mol. The van der Waals surface area contributed by atoms with Crippen LogP contribution in [-0.2, 0) is 9.59 Å². The Balaban J connectivity index is 1.88. The molecule has 0 N–H and O–H groups in total. The maximum Gasteiger partial charge on any atom is 0.269 e. The predicted octanol–water partition coefficient (Wildman–Crippen LogP) is 4.90. The Hall–Kier alpha value is -3.35. The lowest BCUT2D eigenvalue weighted by Gasteiger charge is -2.43. The van der Waals surface area contributed by atoms with Crippen molar-refractivity contribution >= 4 is 23.1 Å². The Bertz CT molecular complexity index is 1090. The molecule has 0 fully saturated rings. The molecule has 1 atom stereocenters. The highest BCUT2D eigenvalue weighted by molar-refractivity contribution is 6.07. The van der Waals surface area contributed by atoms with E-state index in [0.717, 1.165) is 0 Å². The zero-order valence-corrected chi connectivity index (χ0v) is 16.7. The van der Waals surface area contributed by atoms with E-state index < -0.39 is 16.7 Å². The molecular formula is C23H21FN2O4. The molecule has 0 saturated heterocycles. The molecule has 7 heteroatoms. The molecule has 2 aromatic carbocycles. The molecule has 6 nitrogen and oxygen atoms in total. The van der Waals surface area contributed by atoms with Crippen molar-refractivity contribution < 1.29 is 18.9 Å². The number of para-hydroxylation sites is 1. The van der Waals surface area contributed by atoms with Gasteiger partial charge in [0.05, 0.1) is 10.6 Å². The van der Waals surface area contributed by atoms with Crippen LogP contribution in [0.1, 0.15) is 44.6 Å². The van der Waals surface area contributed by atoms with Gasteiger partial charge in [0.1, 0.15) is 5.82 Å². The van der Waals surface area contributed by atoms with Crippen molar-refractivity contribution in [2.24, 2.45) is 5.41 Å². The van der Waals surface area contributed by atoms with E-state index in [1.54, 1.807) is 24.3 Å². The van der Waals surface area contributed by atoms with Gasteiger partial charge in [0.25, 0.3) is 5.69 Å². The standard InChI is InChI=1S/C23H21FN2O4/c1-23(2)12-19-22(20(27)13-23)16(14-7-9-15(10-8-14)26(29)30)11-21(28)25(19)18-6-4-3-5-17(18)24/h3-10,16H,11-13H2,1-2H3. The van der Waals surface area contributed by atoms with Gasteiger partial charge >= 0.3 is 0 Å². The number of nitro benzene ring substituents is 1. The number of benzene rings is 2. The molecule has 1 aliphatic heterocycles. The summed E-state index contributed by atoms with van der Waals surface area (Å²) in [5, 5.41) is 11.0. The minimum atomic E-state index is -0.526. The number of hydrogen-bond donors (Lipinski definition) is 0. The van der Waals surface area contributed by atoms with Crippen molar-refractivity contribution in [1.29, 1.82) is 0 Å². The third kappa shape index (κ3) is 3.40. The summed E-state index contributed by atoms with van der Waals surface area (Å²) in [7, 11) is 0. The highest BCUT2D eigenvalue weighted by atomic mass is 19.1. The Morgan fingerprint density at radius 2 is 1.73 bits per heavy atom. The minimum absolute atomic E-state index is 0.00283. The Morgan fingerprint density at radius 3 is 2.37 bits per heavy atom. The summed E-state index contributed by atoms with van der Waals surface area (Å²) in [6.45, 7) is 3.91. The van der Waals surface area contributed by atoms with Crippen LogP contribution in [-0.4, -0.2) is 16.6 Å². The molecule has 154 valence electrons.